The summed E-state index contributed by atoms with van der Waals surface area (Å²) in [6.45, 7) is -0.0546. The molecule has 1 fully saturated rings. The molecule has 0 aromatic carbocycles. The van der Waals surface area contributed by atoms with Gasteiger partial charge in [-0.05, 0) is 25.0 Å². The van der Waals surface area contributed by atoms with Gasteiger partial charge in [0.2, 0.25) is 5.09 Å². The topological polar surface area (TPSA) is 97.0 Å². The van der Waals surface area contributed by atoms with Crippen molar-refractivity contribution >= 4 is 16.0 Å². The third kappa shape index (κ3) is 2.15. The van der Waals surface area contributed by atoms with Gasteiger partial charge in [0.25, 0.3) is 10.0 Å². The summed E-state index contributed by atoms with van der Waals surface area (Å²) >= 11 is 0. The first-order valence-electron chi connectivity index (χ1n) is 5.74. The maximum atomic E-state index is 12.4. The van der Waals surface area contributed by atoms with E-state index in [0.29, 0.717) is 6.42 Å². The Morgan fingerprint density at radius 3 is 2.89 bits per heavy atom. The van der Waals surface area contributed by atoms with E-state index >= 15 is 0 Å². The smallest absolute Gasteiger partial charge is 0.327 e. The van der Waals surface area contributed by atoms with Gasteiger partial charge in [-0.2, -0.15) is 4.31 Å². The Morgan fingerprint density at radius 2 is 2.37 bits per heavy atom. The zero-order valence-corrected chi connectivity index (χ0v) is 11.2. The van der Waals surface area contributed by atoms with Crippen LogP contribution in [0.2, 0.25) is 0 Å². The van der Waals surface area contributed by atoms with Crippen molar-refractivity contribution in [1.29, 1.82) is 0 Å². The van der Waals surface area contributed by atoms with E-state index in [1.165, 1.54) is 25.5 Å². The minimum atomic E-state index is -3.96. The number of methoxy groups -OCH3 is 1. The third-order valence-corrected chi connectivity index (χ3v) is 5.10. The molecule has 19 heavy (non-hydrogen) atoms. The van der Waals surface area contributed by atoms with Gasteiger partial charge in [0, 0.05) is 13.7 Å². The first-order chi connectivity index (χ1) is 8.95. The second-order valence-corrected chi connectivity index (χ2v) is 6.18. The van der Waals surface area contributed by atoms with E-state index in [1.807, 2.05) is 0 Å². The Balaban J connectivity index is 2.46. The molecule has 2 rings (SSSR count). The lowest BCUT2D eigenvalue weighted by atomic mass is 9.99. The van der Waals surface area contributed by atoms with Crippen LogP contribution in [-0.4, -0.2) is 49.6 Å². The zero-order chi connectivity index (χ0) is 14.1. The summed E-state index contributed by atoms with van der Waals surface area (Å²) < 4.78 is 35.6. The largest absolute Gasteiger partial charge is 0.480 e. The van der Waals surface area contributed by atoms with Crippen LogP contribution in [0.1, 0.15) is 12.8 Å². The standard InChI is InChI=1S/C11H15NO6S/c1-17-8-11(10(13)14)5-3-6-12(11)19(15,16)9-4-2-7-18-9/h2,4,7H,3,5-6,8H2,1H3,(H,13,14). The second kappa shape index (κ2) is 4.95. The molecule has 1 aliphatic rings. The molecule has 0 radical (unpaired) electrons. The molecule has 0 saturated carbocycles. The zero-order valence-electron chi connectivity index (χ0n) is 10.4. The van der Waals surface area contributed by atoms with Crippen LogP contribution in [0.5, 0.6) is 0 Å². The fourth-order valence-electron chi connectivity index (χ4n) is 2.38. The van der Waals surface area contributed by atoms with Gasteiger partial charge in [0.15, 0.2) is 5.54 Å². The number of rotatable bonds is 5. The average Bonchev–Trinajstić information content (AvgIpc) is 2.99. The Morgan fingerprint density at radius 1 is 1.63 bits per heavy atom. The molecule has 106 valence electrons. The van der Waals surface area contributed by atoms with Gasteiger partial charge in [-0.3, -0.25) is 4.79 Å². The van der Waals surface area contributed by atoms with Crippen LogP contribution in [0.3, 0.4) is 0 Å². The molecule has 7 nitrogen and oxygen atoms in total. The summed E-state index contributed by atoms with van der Waals surface area (Å²) in [6, 6.07) is 2.74. The fourth-order valence-corrected chi connectivity index (χ4v) is 4.08. The summed E-state index contributed by atoms with van der Waals surface area (Å²) in [5.41, 5.74) is -1.56. The van der Waals surface area contributed by atoms with Crippen LogP contribution in [-0.2, 0) is 19.6 Å². The van der Waals surface area contributed by atoms with Crippen molar-refractivity contribution in [2.24, 2.45) is 0 Å². The number of hydrogen-bond donors (Lipinski definition) is 1. The number of furan rings is 1. The van der Waals surface area contributed by atoms with Gasteiger partial charge in [-0.15, -0.1) is 0 Å². The van der Waals surface area contributed by atoms with Crippen LogP contribution in [0.25, 0.3) is 0 Å². The van der Waals surface area contributed by atoms with Gasteiger partial charge in [-0.1, -0.05) is 0 Å². The summed E-state index contributed by atoms with van der Waals surface area (Å²) in [6.07, 6.45) is 1.92. The summed E-state index contributed by atoms with van der Waals surface area (Å²) in [4.78, 5) is 11.5. The monoisotopic (exact) mass is 289 g/mol. The average molecular weight is 289 g/mol. The molecule has 1 N–H and O–H groups in total. The lowest BCUT2D eigenvalue weighted by Crippen LogP contribution is -2.55. The van der Waals surface area contributed by atoms with E-state index in [0.717, 1.165) is 4.31 Å². The predicted molar refractivity (Wildman–Crippen MR) is 64.1 cm³/mol. The minimum absolute atomic E-state index is 0.138. The maximum absolute atomic E-state index is 12.4. The molecule has 1 aromatic heterocycles. The molecule has 1 saturated heterocycles. The normalized spacial score (nSPS) is 24.7. The minimum Gasteiger partial charge on any atom is -0.480 e. The van der Waals surface area contributed by atoms with E-state index in [2.05, 4.69) is 0 Å². The van der Waals surface area contributed by atoms with Crippen molar-refractivity contribution in [3.05, 3.63) is 18.4 Å². The van der Waals surface area contributed by atoms with Crippen molar-refractivity contribution in [2.45, 2.75) is 23.5 Å². The fraction of sp³-hybridized carbons (Fsp3) is 0.545. The van der Waals surface area contributed by atoms with Crippen LogP contribution in [0.4, 0.5) is 0 Å². The van der Waals surface area contributed by atoms with E-state index in [9.17, 15) is 18.3 Å². The van der Waals surface area contributed by atoms with Gasteiger partial charge >= 0.3 is 5.97 Å². The molecule has 0 amide bonds. The number of nitrogens with zero attached hydrogens (tertiary/aromatic N) is 1. The lowest BCUT2D eigenvalue weighted by molar-refractivity contribution is -0.150. The van der Waals surface area contributed by atoms with Crippen LogP contribution in [0.15, 0.2) is 27.9 Å². The Kier molecular flexibility index (Phi) is 3.66. The Labute approximate surface area is 110 Å². The van der Waals surface area contributed by atoms with Crippen LogP contribution in [0, 0.1) is 0 Å². The highest BCUT2D eigenvalue weighted by atomic mass is 32.2. The summed E-state index contributed by atoms with van der Waals surface area (Å²) in [5, 5.41) is 9.16. The Hall–Kier alpha value is -1.38. The highest BCUT2D eigenvalue weighted by Crippen LogP contribution is 2.35. The van der Waals surface area contributed by atoms with Crippen molar-refractivity contribution in [3.8, 4) is 0 Å². The number of carbonyl (C=O) groups is 1. The van der Waals surface area contributed by atoms with Gasteiger partial charge in [0.1, 0.15) is 0 Å². The van der Waals surface area contributed by atoms with Crippen molar-refractivity contribution in [3.63, 3.8) is 0 Å². The van der Waals surface area contributed by atoms with Gasteiger partial charge < -0.3 is 14.3 Å². The van der Waals surface area contributed by atoms with Crippen molar-refractivity contribution in [2.75, 3.05) is 20.3 Å². The van der Waals surface area contributed by atoms with Crippen molar-refractivity contribution in [1.82, 2.24) is 4.31 Å². The first-order valence-corrected chi connectivity index (χ1v) is 7.18. The van der Waals surface area contributed by atoms with Gasteiger partial charge in [0.05, 0.1) is 12.9 Å². The molecule has 2 heterocycles. The second-order valence-electron chi connectivity index (χ2n) is 4.38. The third-order valence-electron chi connectivity index (χ3n) is 3.25. The molecule has 1 aromatic rings. The molecular formula is C11H15NO6S. The predicted octanol–water partition coefficient (Wildman–Crippen LogP) is 0.534. The molecule has 1 unspecified atom stereocenters. The molecular weight excluding hydrogens is 274 g/mol. The molecule has 8 heteroatoms. The summed E-state index contributed by atoms with van der Waals surface area (Å²) in [7, 11) is -2.62. The number of carboxylic acids is 1. The van der Waals surface area contributed by atoms with E-state index < -0.39 is 21.5 Å². The molecule has 1 aliphatic heterocycles. The maximum Gasteiger partial charge on any atom is 0.327 e. The summed E-state index contributed by atoms with van der Waals surface area (Å²) in [5.74, 6) is -1.21. The molecule has 0 spiro atoms. The SMILES string of the molecule is COCC1(C(=O)O)CCCN1S(=O)(=O)c1ccco1. The first kappa shape index (κ1) is 14.0. The highest BCUT2D eigenvalue weighted by molar-refractivity contribution is 7.89. The number of hydrogen-bond acceptors (Lipinski definition) is 5. The Bertz CT molecular complexity index is 552. The molecule has 0 bridgehead atoms. The number of carboxylic acid groups (broad SMARTS) is 1. The van der Waals surface area contributed by atoms with Crippen molar-refractivity contribution < 1.29 is 27.5 Å². The van der Waals surface area contributed by atoms with E-state index in [1.54, 1.807) is 0 Å². The quantitative estimate of drug-likeness (QED) is 0.849. The van der Waals surface area contributed by atoms with Gasteiger partial charge in [-0.25, -0.2) is 8.42 Å². The molecule has 1 atom stereocenters. The van der Waals surface area contributed by atoms with E-state index in [-0.39, 0.29) is 24.7 Å². The number of sulfonamides is 1. The van der Waals surface area contributed by atoms with E-state index in [4.69, 9.17) is 9.15 Å². The van der Waals surface area contributed by atoms with Crippen LogP contribution < -0.4 is 0 Å². The van der Waals surface area contributed by atoms with Crippen LogP contribution >= 0.6 is 0 Å². The highest BCUT2D eigenvalue weighted by Gasteiger charge is 2.54. The lowest BCUT2D eigenvalue weighted by Gasteiger charge is -2.32. The molecule has 0 aliphatic carbocycles. The number of ether oxygens (including phenoxy) is 1. The number of aliphatic carboxylic acids is 1.